The summed E-state index contributed by atoms with van der Waals surface area (Å²) in [6, 6.07) is 16.8. The summed E-state index contributed by atoms with van der Waals surface area (Å²) in [5, 5.41) is 2.23. The highest BCUT2D eigenvalue weighted by Crippen LogP contribution is 2.35. The Morgan fingerprint density at radius 2 is 1.68 bits per heavy atom. The molecule has 0 unspecified atom stereocenters. The Balaban J connectivity index is 1.68. The Kier molecular flexibility index (Phi) is 8.28. The fraction of sp³-hybridized carbons (Fsp3) is 0.138. The number of halogens is 1. The van der Waals surface area contributed by atoms with Crippen LogP contribution in [0.5, 0.6) is 17.2 Å². The van der Waals surface area contributed by atoms with Crippen molar-refractivity contribution in [2.45, 2.75) is 13.0 Å². The predicted molar refractivity (Wildman–Crippen MR) is 147 cm³/mol. The zero-order chi connectivity index (χ0) is 27.2. The molecule has 0 spiro atoms. The molecule has 9 heteroatoms. The van der Waals surface area contributed by atoms with Crippen LogP contribution in [0.25, 0.3) is 6.08 Å². The zero-order valence-electron chi connectivity index (χ0n) is 20.8. The maximum absolute atomic E-state index is 13.3. The van der Waals surface area contributed by atoms with Crippen LogP contribution in [-0.2, 0) is 22.6 Å². The average molecular weight is 577 g/mol. The molecule has 1 heterocycles. The highest BCUT2D eigenvalue weighted by molar-refractivity contribution is 9.10. The molecule has 4 rings (SSSR count). The SMILES string of the molecule is C=CCc1cc(/C=C2\C(=O)NC(=O)N(c3ccc(OC)cc3)C2=O)cc(OC)c1OCc1ccc(Br)cc1. The monoisotopic (exact) mass is 576 g/mol. The quantitative estimate of drug-likeness (QED) is 0.207. The molecule has 1 aliphatic rings. The van der Waals surface area contributed by atoms with Crippen LogP contribution in [-0.4, -0.2) is 32.1 Å². The molecule has 38 heavy (non-hydrogen) atoms. The first-order chi connectivity index (χ1) is 18.3. The van der Waals surface area contributed by atoms with E-state index in [1.807, 2.05) is 24.3 Å². The Morgan fingerprint density at radius 1 is 0.974 bits per heavy atom. The van der Waals surface area contributed by atoms with E-state index >= 15 is 0 Å². The lowest BCUT2D eigenvalue weighted by Gasteiger charge is -2.26. The van der Waals surface area contributed by atoms with E-state index in [1.165, 1.54) is 20.3 Å². The van der Waals surface area contributed by atoms with E-state index in [-0.39, 0.29) is 5.57 Å². The molecule has 3 aromatic carbocycles. The fourth-order valence-electron chi connectivity index (χ4n) is 3.92. The van der Waals surface area contributed by atoms with E-state index in [4.69, 9.17) is 14.2 Å². The standard InChI is InChI=1S/C29H25BrN2O6/c1-4-5-20-14-19(16-25(37-3)26(20)38-17-18-6-8-21(30)9-7-18)15-24-27(33)31-29(35)32(28(24)34)22-10-12-23(36-2)13-11-22/h4,6-16H,1,5,17H2,2-3H3,(H,31,33,35)/b24-15+. The second kappa shape index (κ2) is 11.8. The number of carbonyl (C=O) groups excluding carboxylic acids is 3. The molecule has 8 nitrogen and oxygen atoms in total. The summed E-state index contributed by atoms with van der Waals surface area (Å²) in [4.78, 5) is 39.4. The molecule has 0 radical (unpaired) electrons. The third kappa shape index (κ3) is 5.78. The minimum Gasteiger partial charge on any atom is -0.497 e. The van der Waals surface area contributed by atoms with Crippen LogP contribution in [0.3, 0.4) is 0 Å². The van der Waals surface area contributed by atoms with Gasteiger partial charge in [-0.25, -0.2) is 9.69 Å². The summed E-state index contributed by atoms with van der Waals surface area (Å²) in [7, 11) is 3.03. The molecule has 0 aliphatic carbocycles. The molecular weight excluding hydrogens is 552 g/mol. The Labute approximate surface area is 228 Å². The van der Waals surface area contributed by atoms with E-state index in [1.54, 1.807) is 42.5 Å². The van der Waals surface area contributed by atoms with Crippen LogP contribution in [0.15, 0.2) is 83.4 Å². The maximum atomic E-state index is 13.3. The molecule has 194 valence electrons. The van der Waals surface area contributed by atoms with Gasteiger partial charge in [-0.05, 0) is 72.2 Å². The Morgan fingerprint density at radius 3 is 2.32 bits per heavy atom. The molecule has 1 saturated heterocycles. The number of hydrogen-bond donors (Lipinski definition) is 1. The molecule has 1 N–H and O–H groups in total. The second-order valence-corrected chi connectivity index (χ2v) is 9.19. The van der Waals surface area contributed by atoms with Gasteiger partial charge in [0, 0.05) is 10.0 Å². The Hall–Kier alpha value is -4.37. The second-order valence-electron chi connectivity index (χ2n) is 8.28. The van der Waals surface area contributed by atoms with Gasteiger partial charge in [0.2, 0.25) is 0 Å². The first-order valence-electron chi connectivity index (χ1n) is 11.6. The number of hydrogen-bond acceptors (Lipinski definition) is 6. The normalized spacial score (nSPS) is 14.3. The van der Waals surface area contributed by atoms with Gasteiger partial charge in [-0.1, -0.05) is 34.1 Å². The van der Waals surface area contributed by atoms with E-state index in [2.05, 4.69) is 27.8 Å². The maximum Gasteiger partial charge on any atom is 0.335 e. The van der Waals surface area contributed by atoms with E-state index in [9.17, 15) is 14.4 Å². The van der Waals surface area contributed by atoms with Crippen molar-refractivity contribution >= 4 is 45.5 Å². The van der Waals surface area contributed by atoms with E-state index < -0.39 is 17.8 Å². The predicted octanol–water partition coefficient (Wildman–Crippen LogP) is 5.44. The number of ether oxygens (including phenoxy) is 3. The lowest BCUT2D eigenvalue weighted by molar-refractivity contribution is -0.122. The first kappa shape index (κ1) is 26.7. The van der Waals surface area contributed by atoms with Gasteiger partial charge >= 0.3 is 6.03 Å². The molecule has 1 aliphatic heterocycles. The smallest absolute Gasteiger partial charge is 0.335 e. The number of methoxy groups -OCH3 is 2. The van der Waals surface area contributed by atoms with Crippen LogP contribution >= 0.6 is 15.9 Å². The zero-order valence-corrected chi connectivity index (χ0v) is 22.4. The van der Waals surface area contributed by atoms with Gasteiger partial charge in [0.1, 0.15) is 17.9 Å². The van der Waals surface area contributed by atoms with Crippen molar-refractivity contribution in [1.29, 1.82) is 0 Å². The lowest BCUT2D eigenvalue weighted by atomic mass is 10.0. The fourth-order valence-corrected chi connectivity index (χ4v) is 4.18. The van der Waals surface area contributed by atoms with E-state index in [0.717, 1.165) is 20.5 Å². The lowest BCUT2D eigenvalue weighted by Crippen LogP contribution is -2.54. The summed E-state index contributed by atoms with van der Waals surface area (Å²) in [5.41, 5.74) is 2.36. The van der Waals surface area contributed by atoms with Crippen molar-refractivity contribution in [2.24, 2.45) is 0 Å². The number of anilines is 1. The van der Waals surface area contributed by atoms with Crippen molar-refractivity contribution in [3.05, 3.63) is 100 Å². The topological polar surface area (TPSA) is 94.2 Å². The van der Waals surface area contributed by atoms with Gasteiger partial charge in [-0.3, -0.25) is 14.9 Å². The number of allylic oxidation sites excluding steroid dienone is 1. The first-order valence-corrected chi connectivity index (χ1v) is 12.4. The minimum atomic E-state index is -0.830. The van der Waals surface area contributed by atoms with Crippen LogP contribution in [0.4, 0.5) is 10.5 Å². The van der Waals surface area contributed by atoms with Gasteiger partial charge in [0.25, 0.3) is 11.8 Å². The van der Waals surface area contributed by atoms with Crippen molar-refractivity contribution < 1.29 is 28.6 Å². The number of urea groups is 1. The van der Waals surface area contributed by atoms with Gasteiger partial charge in [0.05, 0.1) is 19.9 Å². The molecule has 3 aromatic rings. The largest absolute Gasteiger partial charge is 0.497 e. The number of barbiturate groups is 1. The molecule has 0 bridgehead atoms. The minimum absolute atomic E-state index is 0.199. The number of amides is 4. The number of benzene rings is 3. The number of imide groups is 2. The molecule has 4 amide bonds. The van der Waals surface area contributed by atoms with Gasteiger partial charge < -0.3 is 14.2 Å². The van der Waals surface area contributed by atoms with Crippen molar-refractivity contribution in [3.63, 3.8) is 0 Å². The molecule has 1 fully saturated rings. The van der Waals surface area contributed by atoms with E-state index in [0.29, 0.717) is 41.5 Å². The average Bonchev–Trinajstić information content (AvgIpc) is 2.91. The Bertz CT molecular complexity index is 1410. The van der Waals surface area contributed by atoms with Crippen LogP contribution in [0, 0.1) is 0 Å². The van der Waals surface area contributed by atoms with Crippen molar-refractivity contribution in [2.75, 3.05) is 19.1 Å². The summed E-state index contributed by atoms with van der Waals surface area (Å²) in [5.74, 6) is -0.00461. The summed E-state index contributed by atoms with van der Waals surface area (Å²) >= 11 is 3.42. The van der Waals surface area contributed by atoms with Crippen molar-refractivity contribution in [3.8, 4) is 17.2 Å². The molecule has 0 saturated carbocycles. The summed E-state index contributed by atoms with van der Waals surface area (Å²) < 4.78 is 17.8. The number of carbonyl (C=O) groups is 3. The van der Waals surface area contributed by atoms with Gasteiger partial charge in [0.15, 0.2) is 11.5 Å². The van der Waals surface area contributed by atoms with Crippen molar-refractivity contribution in [1.82, 2.24) is 5.32 Å². The number of nitrogens with one attached hydrogen (secondary N) is 1. The third-order valence-corrected chi connectivity index (χ3v) is 6.31. The van der Waals surface area contributed by atoms with Gasteiger partial charge in [-0.2, -0.15) is 0 Å². The number of rotatable bonds is 9. The summed E-state index contributed by atoms with van der Waals surface area (Å²) in [6.45, 7) is 4.14. The summed E-state index contributed by atoms with van der Waals surface area (Å²) in [6.07, 6.45) is 3.61. The molecule has 0 aromatic heterocycles. The number of nitrogens with zero attached hydrogens (tertiary/aromatic N) is 1. The highest BCUT2D eigenvalue weighted by atomic mass is 79.9. The highest BCUT2D eigenvalue weighted by Gasteiger charge is 2.37. The molecule has 0 atom stereocenters. The third-order valence-electron chi connectivity index (χ3n) is 5.78. The van der Waals surface area contributed by atoms with Gasteiger partial charge in [-0.15, -0.1) is 6.58 Å². The molecular formula is C29H25BrN2O6. The van der Waals surface area contributed by atoms with Crippen LogP contribution < -0.4 is 24.4 Å². The van der Waals surface area contributed by atoms with Crippen LogP contribution in [0.2, 0.25) is 0 Å². The van der Waals surface area contributed by atoms with Crippen LogP contribution in [0.1, 0.15) is 16.7 Å².